The highest BCUT2D eigenvalue weighted by molar-refractivity contribution is 9.10. The Bertz CT molecular complexity index is 940. The molecule has 0 unspecified atom stereocenters. The maximum atomic E-state index is 12.8. The third-order valence-corrected chi connectivity index (χ3v) is 4.61. The van der Waals surface area contributed by atoms with Crippen LogP contribution >= 0.6 is 15.9 Å². The Hall–Kier alpha value is -2.79. The summed E-state index contributed by atoms with van der Waals surface area (Å²) in [7, 11) is 0. The second-order valence-electron chi connectivity index (χ2n) is 7.10. The molecule has 3 aromatic carbocycles. The van der Waals surface area contributed by atoms with Crippen molar-refractivity contribution >= 4 is 27.5 Å². The lowest BCUT2D eigenvalue weighted by atomic mass is 10.1. The molecule has 4 nitrogen and oxygen atoms in total. The van der Waals surface area contributed by atoms with Crippen molar-refractivity contribution in [2.45, 2.75) is 20.5 Å². The Morgan fingerprint density at radius 3 is 2.38 bits per heavy atom. The summed E-state index contributed by atoms with van der Waals surface area (Å²) in [6.07, 6.45) is 0. The van der Waals surface area contributed by atoms with E-state index in [4.69, 9.17) is 9.47 Å². The summed E-state index contributed by atoms with van der Waals surface area (Å²) in [5.74, 6) is 1.47. The third-order valence-electron chi connectivity index (χ3n) is 4.12. The smallest absolute Gasteiger partial charge is 0.259 e. The van der Waals surface area contributed by atoms with E-state index in [2.05, 4.69) is 35.1 Å². The number of hydrogen-bond donors (Lipinski definition) is 1. The lowest BCUT2D eigenvalue weighted by Crippen LogP contribution is -2.15. The number of halogens is 1. The molecule has 0 aliphatic carbocycles. The zero-order chi connectivity index (χ0) is 20.6. The molecule has 0 bridgehead atoms. The van der Waals surface area contributed by atoms with Crippen LogP contribution in [0.2, 0.25) is 0 Å². The standard InChI is InChI=1S/C24H24BrNO3/c1-17(2)15-29-23-13-8-19(25)14-22(23)24(27)26-20-9-11-21(12-10-20)28-16-18-6-4-3-5-7-18/h3-14,17H,15-16H2,1-2H3,(H,26,27). The largest absolute Gasteiger partial charge is 0.492 e. The van der Waals surface area contributed by atoms with Gasteiger partial charge in [-0.25, -0.2) is 0 Å². The SMILES string of the molecule is CC(C)COc1ccc(Br)cc1C(=O)Nc1ccc(OCc2ccccc2)cc1. The fraction of sp³-hybridized carbons (Fsp3) is 0.208. The normalized spacial score (nSPS) is 10.6. The molecule has 1 N–H and O–H groups in total. The molecule has 0 fully saturated rings. The number of carbonyl (C=O) groups is 1. The molecule has 0 aromatic heterocycles. The fourth-order valence-electron chi connectivity index (χ4n) is 2.64. The number of hydrogen-bond acceptors (Lipinski definition) is 3. The van der Waals surface area contributed by atoms with Crippen LogP contribution in [0.3, 0.4) is 0 Å². The van der Waals surface area contributed by atoms with E-state index < -0.39 is 0 Å². The minimum absolute atomic E-state index is 0.219. The van der Waals surface area contributed by atoms with E-state index in [1.165, 1.54) is 0 Å². The van der Waals surface area contributed by atoms with Gasteiger partial charge in [-0.15, -0.1) is 0 Å². The number of rotatable bonds is 8. The number of carbonyl (C=O) groups excluding carboxylic acids is 1. The Balaban J connectivity index is 1.64. The number of benzene rings is 3. The van der Waals surface area contributed by atoms with E-state index in [9.17, 15) is 4.79 Å². The van der Waals surface area contributed by atoms with E-state index >= 15 is 0 Å². The lowest BCUT2D eigenvalue weighted by Gasteiger charge is -2.14. The zero-order valence-electron chi connectivity index (χ0n) is 16.5. The molecule has 150 valence electrons. The minimum atomic E-state index is -0.219. The highest BCUT2D eigenvalue weighted by Crippen LogP contribution is 2.25. The second kappa shape index (κ2) is 10.1. The van der Waals surface area contributed by atoms with Gasteiger partial charge < -0.3 is 14.8 Å². The maximum Gasteiger partial charge on any atom is 0.259 e. The second-order valence-corrected chi connectivity index (χ2v) is 8.01. The predicted octanol–water partition coefficient (Wildman–Crippen LogP) is 6.32. The Kier molecular flexibility index (Phi) is 7.30. The minimum Gasteiger partial charge on any atom is -0.492 e. The first kappa shape index (κ1) is 20.9. The summed E-state index contributed by atoms with van der Waals surface area (Å²) in [5.41, 5.74) is 2.29. The number of nitrogens with one attached hydrogen (secondary N) is 1. The van der Waals surface area contributed by atoms with Crippen LogP contribution in [-0.2, 0) is 6.61 Å². The van der Waals surface area contributed by atoms with E-state index in [0.717, 1.165) is 15.8 Å². The maximum absolute atomic E-state index is 12.8. The number of anilines is 1. The monoisotopic (exact) mass is 453 g/mol. The van der Waals surface area contributed by atoms with Crippen molar-refractivity contribution in [2.75, 3.05) is 11.9 Å². The van der Waals surface area contributed by atoms with Crippen molar-refractivity contribution in [3.8, 4) is 11.5 Å². The summed E-state index contributed by atoms with van der Waals surface area (Å²) in [6.45, 7) is 5.19. The first-order valence-electron chi connectivity index (χ1n) is 9.52. The molecule has 0 atom stereocenters. The van der Waals surface area contributed by atoms with Gasteiger partial charge in [-0.2, -0.15) is 0 Å². The lowest BCUT2D eigenvalue weighted by molar-refractivity contribution is 0.102. The quantitative estimate of drug-likeness (QED) is 0.434. The van der Waals surface area contributed by atoms with Crippen molar-refractivity contribution in [1.29, 1.82) is 0 Å². The molecular weight excluding hydrogens is 430 g/mol. The van der Waals surface area contributed by atoms with Crippen LogP contribution in [0, 0.1) is 5.92 Å². The van der Waals surface area contributed by atoms with Gasteiger partial charge in [0.2, 0.25) is 0 Å². The van der Waals surface area contributed by atoms with Gasteiger partial charge in [0.1, 0.15) is 18.1 Å². The summed E-state index contributed by atoms with van der Waals surface area (Å²) >= 11 is 3.42. The van der Waals surface area contributed by atoms with Crippen molar-refractivity contribution in [1.82, 2.24) is 0 Å². The average Bonchev–Trinajstić information content (AvgIpc) is 2.73. The molecule has 0 aliphatic rings. The molecule has 0 radical (unpaired) electrons. The molecule has 3 rings (SSSR count). The van der Waals surface area contributed by atoms with Crippen LogP contribution in [0.4, 0.5) is 5.69 Å². The summed E-state index contributed by atoms with van der Waals surface area (Å²) < 4.78 is 12.4. The molecular formula is C24H24BrNO3. The highest BCUT2D eigenvalue weighted by atomic mass is 79.9. The summed E-state index contributed by atoms with van der Waals surface area (Å²) in [5, 5.41) is 2.92. The Labute approximate surface area is 180 Å². The van der Waals surface area contributed by atoms with Gasteiger partial charge in [0.25, 0.3) is 5.91 Å². The van der Waals surface area contributed by atoms with Crippen LogP contribution in [0.1, 0.15) is 29.8 Å². The molecule has 0 heterocycles. The zero-order valence-corrected chi connectivity index (χ0v) is 18.1. The first-order chi connectivity index (χ1) is 14.0. The molecule has 0 spiro atoms. The van der Waals surface area contributed by atoms with Crippen molar-refractivity contribution < 1.29 is 14.3 Å². The van der Waals surface area contributed by atoms with Crippen LogP contribution in [0.25, 0.3) is 0 Å². The predicted molar refractivity (Wildman–Crippen MR) is 120 cm³/mol. The molecule has 0 saturated carbocycles. The average molecular weight is 454 g/mol. The summed E-state index contributed by atoms with van der Waals surface area (Å²) in [4.78, 5) is 12.8. The Morgan fingerprint density at radius 1 is 0.966 bits per heavy atom. The fourth-order valence-corrected chi connectivity index (χ4v) is 3.00. The number of amides is 1. The van der Waals surface area contributed by atoms with Crippen molar-refractivity contribution in [3.63, 3.8) is 0 Å². The van der Waals surface area contributed by atoms with E-state index in [1.54, 1.807) is 6.07 Å². The topological polar surface area (TPSA) is 47.6 Å². The van der Waals surface area contributed by atoms with E-state index in [0.29, 0.717) is 36.1 Å². The summed E-state index contributed by atoms with van der Waals surface area (Å²) in [6, 6.07) is 22.8. The van der Waals surface area contributed by atoms with Gasteiger partial charge in [-0.05, 0) is 53.9 Å². The Morgan fingerprint density at radius 2 is 1.69 bits per heavy atom. The highest BCUT2D eigenvalue weighted by Gasteiger charge is 2.14. The first-order valence-corrected chi connectivity index (χ1v) is 10.3. The van der Waals surface area contributed by atoms with Crippen molar-refractivity contribution in [3.05, 3.63) is 88.4 Å². The molecule has 0 aliphatic heterocycles. The number of ether oxygens (including phenoxy) is 2. The third kappa shape index (κ3) is 6.36. The molecule has 5 heteroatoms. The van der Waals surface area contributed by atoms with Crippen LogP contribution < -0.4 is 14.8 Å². The van der Waals surface area contributed by atoms with E-state index in [-0.39, 0.29) is 5.91 Å². The van der Waals surface area contributed by atoms with Crippen LogP contribution in [-0.4, -0.2) is 12.5 Å². The van der Waals surface area contributed by atoms with Gasteiger partial charge in [0.05, 0.1) is 12.2 Å². The van der Waals surface area contributed by atoms with Gasteiger partial charge in [0.15, 0.2) is 0 Å². The van der Waals surface area contributed by atoms with Gasteiger partial charge in [-0.3, -0.25) is 4.79 Å². The van der Waals surface area contributed by atoms with Gasteiger partial charge >= 0.3 is 0 Å². The van der Waals surface area contributed by atoms with E-state index in [1.807, 2.05) is 66.7 Å². The van der Waals surface area contributed by atoms with Crippen LogP contribution in [0.15, 0.2) is 77.3 Å². The van der Waals surface area contributed by atoms with Gasteiger partial charge in [0, 0.05) is 10.2 Å². The van der Waals surface area contributed by atoms with Crippen LogP contribution in [0.5, 0.6) is 11.5 Å². The molecule has 29 heavy (non-hydrogen) atoms. The molecule has 0 saturated heterocycles. The van der Waals surface area contributed by atoms with Gasteiger partial charge in [-0.1, -0.05) is 60.1 Å². The molecule has 1 amide bonds. The molecule has 3 aromatic rings. The van der Waals surface area contributed by atoms with Crippen molar-refractivity contribution in [2.24, 2.45) is 5.92 Å².